The van der Waals surface area contributed by atoms with Gasteiger partial charge < -0.3 is 13.9 Å². The molecule has 11 heteroatoms. The minimum absolute atomic E-state index is 0.00182. The highest BCUT2D eigenvalue weighted by atomic mass is 32.1. The zero-order valence-corrected chi connectivity index (χ0v) is 23.0. The fourth-order valence-electron chi connectivity index (χ4n) is 4.64. The first-order valence-electron chi connectivity index (χ1n) is 12.4. The van der Waals surface area contributed by atoms with Crippen molar-refractivity contribution in [2.75, 3.05) is 13.7 Å². The molecule has 0 spiro atoms. The molecule has 0 bridgehead atoms. The van der Waals surface area contributed by atoms with Crippen LogP contribution in [0.1, 0.15) is 36.8 Å². The number of aryl methyl sites for hydroxylation is 1. The van der Waals surface area contributed by atoms with Crippen LogP contribution in [0.15, 0.2) is 80.1 Å². The first-order chi connectivity index (χ1) is 19.2. The van der Waals surface area contributed by atoms with E-state index in [-0.39, 0.29) is 17.9 Å². The molecule has 0 radical (unpaired) electrons. The molecule has 2 aromatic heterocycles. The quantitative estimate of drug-likeness (QED) is 0.188. The standard InChI is InChI=1S/C29H25N3O7S/c1-5-38-28(34)25-17(3)30-29-31(26(25)18-6-9-20(37-4)10-7-18)27(33)24(40-29)15-21-11-13-23(39-21)22-12-8-19(32(35)36)14-16(22)2/h6-15,26H,5H2,1-4H3/b24-15+/t26-/m1/s1. The summed E-state index contributed by atoms with van der Waals surface area (Å²) < 4.78 is 18.5. The summed E-state index contributed by atoms with van der Waals surface area (Å²) in [5.74, 6) is 1.06. The SMILES string of the molecule is CCOC(=O)C1=C(C)N=c2s/c(=C/c3ccc(-c4ccc([N+](=O)[O-])cc4C)o3)c(=O)n2[C@@H]1c1ccc(OC)cc1. The molecule has 1 atom stereocenters. The number of benzene rings is 2. The molecule has 1 aliphatic heterocycles. The van der Waals surface area contributed by atoms with Crippen molar-refractivity contribution in [3.8, 4) is 17.1 Å². The van der Waals surface area contributed by atoms with Crippen molar-refractivity contribution in [3.05, 3.63) is 113 Å². The van der Waals surface area contributed by atoms with Crippen LogP contribution in [0.4, 0.5) is 5.69 Å². The number of ether oxygens (including phenoxy) is 2. The summed E-state index contributed by atoms with van der Waals surface area (Å²) in [6.07, 6.45) is 1.63. The van der Waals surface area contributed by atoms with E-state index in [1.54, 1.807) is 64.3 Å². The van der Waals surface area contributed by atoms with Gasteiger partial charge in [0.25, 0.3) is 11.2 Å². The predicted octanol–water partition coefficient (Wildman–Crippen LogP) is 4.28. The van der Waals surface area contributed by atoms with Crippen LogP contribution >= 0.6 is 11.3 Å². The Hall–Kier alpha value is -4.77. The number of hydrogen-bond acceptors (Lipinski definition) is 9. The number of aromatic nitrogens is 1. The van der Waals surface area contributed by atoms with Crippen molar-refractivity contribution in [1.29, 1.82) is 0 Å². The second kappa shape index (κ2) is 10.8. The molecular formula is C29H25N3O7S. The van der Waals surface area contributed by atoms with Crippen molar-refractivity contribution in [2.45, 2.75) is 26.8 Å². The van der Waals surface area contributed by atoms with Crippen LogP contribution < -0.4 is 19.6 Å². The van der Waals surface area contributed by atoms with E-state index >= 15 is 0 Å². The third-order valence-corrected chi connectivity index (χ3v) is 7.52. The monoisotopic (exact) mass is 559 g/mol. The number of nitrogens with zero attached hydrogens (tertiary/aromatic N) is 3. The van der Waals surface area contributed by atoms with Gasteiger partial charge in [-0.15, -0.1) is 0 Å². The van der Waals surface area contributed by atoms with Gasteiger partial charge in [0.2, 0.25) is 0 Å². The minimum Gasteiger partial charge on any atom is -0.497 e. The molecule has 1 aliphatic rings. The van der Waals surface area contributed by atoms with E-state index < -0.39 is 16.9 Å². The molecule has 204 valence electrons. The number of nitro groups is 1. The summed E-state index contributed by atoms with van der Waals surface area (Å²) in [5.41, 5.74) is 2.54. The number of furan rings is 1. The van der Waals surface area contributed by atoms with Gasteiger partial charge in [0.15, 0.2) is 4.80 Å². The molecule has 2 aromatic carbocycles. The number of thiazole rings is 1. The smallest absolute Gasteiger partial charge is 0.338 e. The highest BCUT2D eigenvalue weighted by Crippen LogP contribution is 2.32. The molecular weight excluding hydrogens is 534 g/mol. The van der Waals surface area contributed by atoms with Crippen molar-refractivity contribution in [3.63, 3.8) is 0 Å². The van der Waals surface area contributed by atoms with Gasteiger partial charge in [0.05, 0.1) is 40.5 Å². The van der Waals surface area contributed by atoms with Gasteiger partial charge >= 0.3 is 5.97 Å². The molecule has 0 N–H and O–H groups in total. The van der Waals surface area contributed by atoms with Gasteiger partial charge in [-0.25, -0.2) is 9.79 Å². The predicted molar refractivity (Wildman–Crippen MR) is 149 cm³/mol. The molecule has 10 nitrogen and oxygen atoms in total. The lowest BCUT2D eigenvalue weighted by Gasteiger charge is -2.24. The van der Waals surface area contributed by atoms with Crippen LogP contribution in [-0.2, 0) is 9.53 Å². The molecule has 4 aromatic rings. The van der Waals surface area contributed by atoms with Gasteiger partial charge in [-0.2, -0.15) is 0 Å². The Labute approximate surface area is 232 Å². The van der Waals surface area contributed by atoms with Crippen LogP contribution in [0.25, 0.3) is 17.4 Å². The third kappa shape index (κ3) is 4.87. The number of carbonyl (C=O) groups excluding carboxylic acids is 1. The third-order valence-electron chi connectivity index (χ3n) is 6.53. The molecule has 0 unspecified atom stereocenters. The summed E-state index contributed by atoms with van der Waals surface area (Å²) in [6.45, 7) is 5.40. The van der Waals surface area contributed by atoms with Crippen LogP contribution in [0.5, 0.6) is 5.75 Å². The van der Waals surface area contributed by atoms with Crippen molar-refractivity contribution in [1.82, 2.24) is 4.57 Å². The number of fused-ring (bicyclic) bond motifs is 1. The van der Waals surface area contributed by atoms with E-state index in [1.807, 2.05) is 12.1 Å². The van der Waals surface area contributed by atoms with E-state index in [0.29, 0.717) is 54.6 Å². The molecule has 5 rings (SSSR count). The van der Waals surface area contributed by atoms with E-state index in [1.165, 1.54) is 28.0 Å². The van der Waals surface area contributed by atoms with Crippen LogP contribution in [0, 0.1) is 17.0 Å². The second-order valence-corrected chi connectivity index (χ2v) is 10.0. The van der Waals surface area contributed by atoms with E-state index in [0.717, 1.165) is 0 Å². The maximum Gasteiger partial charge on any atom is 0.338 e. The Balaban J connectivity index is 1.60. The zero-order chi connectivity index (χ0) is 28.6. The summed E-state index contributed by atoms with van der Waals surface area (Å²) in [7, 11) is 1.56. The minimum atomic E-state index is -0.738. The highest BCUT2D eigenvalue weighted by molar-refractivity contribution is 7.07. The van der Waals surface area contributed by atoms with Gasteiger partial charge in [0, 0.05) is 23.8 Å². The van der Waals surface area contributed by atoms with Crippen LogP contribution in [0.2, 0.25) is 0 Å². The Morgan fingerprint density at radius 2 is 1.93 bits per heavy atom. The molecule has 0 fully saturated rings. The average molecular weight is 560 g/mol. The summed E-state index contributed by atoms with van der Waals surface area (Å²) >= 11 is 1.19. The van der Waals surface area contributed by atoms with E-state index in [2.05, 4.69) is 4.99 Å². The van der Waals surface area contributed by atoms with Crippen molar-refractivity contribution < 1.29 is 23.6 Å². The first kappa shape index (κ1) is 26.8. The molecule has 40 heavy (non-hydrogen) atoms. The lowest BCUT2D eigenvalue weighted by Crippen LogP contribution is -2.39. The van der Waals surface area contributed by atoms with Crippen molar-refractivity contribution >= 4 is 29.1 Å². The zero-order valence-electron chi connectivity index (χ0n) is 22.2. The average Bonchev–Trinajstić information content (AvgIpc) is 3.52. The fourth-order valence-corrected chi connectivity index (χ4v) is 5.66. The lowest BCUT2D eigenvalue weighted by molar-refractivity contribution is -0.384. The topological polar surface area (TPSA) is 126 Å². The van der Waals surface area contributed by atoms with Gasteiger partial charge in [-0.1, -0.05) is 23.5 Å². The fraction of sp³-hybridized carbons (Fsp3) is 0.207. The molecule has 3 heterocycles. The van der Waals surface area contributed by atoms with Gasteiger partial charge in [0.1, 0.15) is 17.3 Å². The maximum atomic E-state index is 13.8. The number of nitro benzene ring substituents is 1. The number of non-ortho nitro benzene ring substituents is 1. The summed E-state index contributed by atoms with van der Waals surface area (Å²) in [4.78, 5) is 42.4. The second-order valence-electron chi connectivity index (χ2n) is 9.03. The largest absolute Gasteiger partial charge is 0.497 e. The van der Waals surface area contributed by atoms with Crippen molar-refractivity contribution in [2.24, 2.45) is 4.99 Å². The van der Waals surface area contributed by atoms with Gasteiger partial charge in [-0.3, -0.25) is 19.5 Å². The maximum absolute atomic E-state index is 13.8. The van der Waals surface area contributed by atoms with Gasteiger partial charge in [-0.05, 0) is 62.2 Å². The number of allylic oxidation sites excluding steroid dienone is 1. The normalized spacial score (nSPS) is 15.0. The summed E-state index contributed by atoms with van der Waals surface area (Å²) in [6, 6.07) is 14.4. The van der Waals surface area contributed by atoms with E-state index in [4.69, 9.17) is 13.9 Å². The van der Waals surface area contributed by atoms with Crippen LogP contribution in [0.3, 0.4) is 0 Å². The summed E-state index contributed by atoms with van der Waals surface area (Å²) in [5, 5.41) is 11.1. The Morgan fingerprint density at radius 1 is 1.18 bits per heavy atom. The number of rotatable bonds is 7. The van der Waals surface area contributed by atoms with E-state index in [9.17, 15) is 19.7 Å². The molecule has 0 aliphatic carbocycles. The Kier molecular flexibility index (Phi) is 7.22. The highest BCUT2D eigenvalue weighted by Gasteiger charge is 2.33. The number of esters is 1. The number of hydrogen-bond donors (Lipinski definition) is 0. The lowest BCUT2D eigenvalue weighted by atomic mass is 9.96. The Bertz CT molecular complexity index is 1850. The Morgan fingerprint density at radius 3 is 2.58 bits per heavy atom. The molecule has 0 saturated carbocycles. The number of methoxy groups -OCH3 is 1. The first-order valence-corrected chi connectivity index (χ1v) is 13.2. The molecule has 0 amide bonds. The number of carbonyl (C=O) groups is 1. The van der Waals surface area contributed by atoms with Crippen LogP contribution in [-0.4, -0.2) is 29.2 Å². The molecule has 0 saturated heterocycles.